The SMILES string of the molecule is C=CCN(C(=O)C(CN)CCC)C(C)(C)C. The first kappa shape index (κ1) is 15.2. The first-order valence-corrected chi connectivity index (χ1v) is 6.00. The minimum Gasteiger partial charge on any atom is -0.334 e. The lowest BCUT2D eigenvalue weighted by atomic mass is 9.98. The normalized spacial score (nSPS) is 13.3. The summed E-state index contributed by atoms with van der Waals surface area (Å²) in [5.74, 6) is 0.0981. The van der Waals surface area contributed by atoms with Crippen molar-refractivity contribution in [1.82, 2.24) is 4.90 Å². The highest BCUT2D eigenvalue weighted by Gasteiger charge is 2.29. The lowest BCUT2D eigenvalue weighted by molar-refractivity contribution is -0.139. The van der Waals surface area contributed by atoms with Gasteiger partial charge in [-0.05, 0) is 27.2 Å². The van der Waals surface area contributed by atoms with E-state index in [0.29, 0.717) is 13.1 Å². The van der Waals surface area contributed by atoms with Crippen molar-refractivity contribution in [3.8, 4) is 0 Å². The molecule has 0 saturated carbocycles. The van der Waals surface area contributed by atoms with Crippen LogP contribution in [0.3, 0.4) is 0 Å². The molecule has 1 amide bonds. The number of nitrogens with zero attached hydrogens (tertiary/aromatic N) is 1. The molecule has 3 nitrogen and oxygen atoms in total. The van der Waals surface area contributed by atoms with Crippen molar-refractivity contribution in [3.63, 3.8) is 0 Å². The fraction of sp³-hybridized carbons (Fsp3) is 0.769. The van der Waals surface area contributed by atoms with Gasteiger partial charge in [0.1, 0.15) is 0 Å². The molecule has 0 heterocycles. The number of carbonyl (C=O) groups is 1. The highest BCUT2D eigenvalue weighted by molar-refractivity contribution is 5.80. The molecule has 3 heteroatoms. The van der Waals surface area contributed by atoms with Gasteiger partial charge < -0.3 is 10.6 Å². The van der Waals surface area contributed by atoms with Crippen LogP contribution in [0.4, 0.5) is 0 Å². The molecule has 0 fully saturated rings. The molecule has 1 unspecified atom stereocenters. The summed E-state index contributed by atoms with van der Waals surface area (Å²) in [5, 5.41) is 0. The Hall–Kier alpha value is -0.830. The van der Waals surface area contributed by atoms with E-state index >= 15 is 0 Å². The Morgan fingerprint density at radius 1 is 1.50 bits per heavy atom. The zero-order valence-electron chi connectivity index (χ0n) is 11.1. The summed E-state index contributed by atoms with van der Waals surface area (Å²) >= 11 is 0. The lowest BCUT2D eigenvalue weighted by Gasteiger charge is -2.37. The van der Waals surface area contributed by atoms with Crippen LogP contribution < -0.4 is 5.73 Å². The van der Waals surface area contributed by atoms with Crippen molar-refractivity contribution in [1.29, 1.82) is 0 Å². The summed E-state index contributed by atoms with van der Waals surface area (Å²) in [5.41, 5.74) is 5.49. The Morgan fingerprint density at radius 3 is 2.38 bits per heavy atom. The molecular formula is C13H26N2O. The molecule has 0 aromatic rings. The number of hydrogen-bond acceptors (Lipinski definition) is 2. The quantitative estimate of drug-likeness (QED) is 0.706. The zero-order valence-corrected chi connectivity index (χ0v) is 11.1. The van der Waals surface area contributed by atoms with E-state index in [1.54, 1.807) is 6.08 Å². The molecule has 94 valence electrons. The summed E-state index contributed by atoms with van der Waals surface area (Å²) < 4.78 is 0. The van der Waals surface area contributed by atoms with Gasteiger partial charge in [-0.15, -0.1) is 6.58 Å². The highest BCUT2D eigenvalue weighted by atomic mass is 16.2. The molecule has 2 N–H and O–H groups in total. The Kier molecular flexibility index (Phi) is 6.34. The molecule has 0 bridgehead atoms. The molecular weight excluding hydrogens is 200 g/mol. The molecule has 0 aliphatic heterocycles. The van der Waals surface area contributed by atoms with E-state index in [4.69, 9.17) is 5.73 Å². The molecule has 0 aromatic carbocycles. The van der Waals surface area contributed by atoms with Crippen LogP contribution in [0, 0.1) is 5.92 Å². The van der Waals surface area contributed by atoms with Crippen molar-refractivity contribution in [3.05, 3.63) is 12.7 Å². The van der Waals surface area contributed by atoms with Gasteiger partial charge in [-0.25, -0.2) is 0 Å². The molecule has 0 aliphatic rings. The van der Waals surface area contributed by atoms with Gasteiger partial charge in [0, 0.05) is 18.6 Å². The molecule has 0 aromatic heterocycles. The van der Waals surface area contributed by atoms with Crippen LogP contribution >= 0.6 is 0 Å². The van der Waals surface area contributed by atoms with Gasteiger partial charge in [0.2, 0.25) is 5.91 Å². The molecule has 16 heavy (non-hydrogen) atoms. The van der Waals surface area contributed by atoms with Crippen molar-refractivity contribution >= 4 is 5.91 Å². The van der Waals surface area contributed by atoms with Gasteiger partial charge in [0.15, 0.2) is 0 Å². The summed E-state index contributed by atoms with van der Waals surface area (Å²) in [6.07, 6.45) is 3.61. The van der Waals surface area contributed by atoms with Crippen LogP contribution in [0.15, 0.2) is 12.7 Å². The van der Waals surface area contributed by atoms with Gasteiger partial charge in [-0.1, -0.05) is 19.4 Å². The maximum atomic E-state index is 12.3. The molecule has 0 spiro atoms. The second-order valence-electron chi connectivity index (χ2n) is 5.13. The van der Waals surface area contributed by atoms with Crippen LogP contribution in [0.2, 0.25) is 0 Å². The van der Waals surface area contributed by atoms with Crippen molar-refractivity contribution in [2.45, 2.75) is 46.1 Å². The summed E-state index contributed by atoms with van der Waals surface area (Å²) in [7, 11) is 0. The van der Waals surface area contributed by atoms with Gasteiger partial charge >= 0.3 is 0 Å². The third-order valence-electron chi connectivity index (χ3n) is 2.66. The molecule has 0 aliphatic carbocycles. The Morgan fingerprint density at radius 2 is 2.06 bits per heavy atom. The molecule has 0 radical (unpaired) electrons. The number of nitrogens with two attached hydrogens (primary N) is 1. The first-order chi connectivity index (χ1) is 7.38. The second kappa shape index (κ2) is 6.69. The lowest BCUT2D eigenvalue weighted by Crippen LogP contribution is -2.49. The van der Waals surface area contributed by atoms with Gasteiger partial charge in [0.25, 0.3) is 0 Å². The van der Waals surface area contributed by atoms with Crippen LogP contribution in [-0.2, 0) is 4.79 Å². The minimum absolute atomic E-state index is 0.0517. The Bertz CT molecular complexity index is 231. The topological polar surface area (TPSA) is 46.3 Å². The minimum atomic E-state index is -0.174. The summed E-state index contributed by atoms with van der Waals surface area (Å²) in [6.45, 7) is 12.9. The van der Waals surface area contributed by atoms with Gasteiger partial charge in [-0.2, -0.15) is 0 Å². The fourth-order valence-corrected chi connectivity index (χ4v) is 1.73. The second-order valence-corrected chi connectivity index (χ2v) is 5.13. The van der Waals surface area contributed by atoms with Crippen molar-refractivity contribution in [2.24, 2.45) is 11.7 Å². The molecule has 1 atom stereocenters. The van der Waals surface area contributed by atoms with Crippen LogP contribution in [0.1, 0.15) is 40.5 Å². The predicted octanol–water partition coefficient (Wildman–Crippen LogP) is 2.17. The third-order valence-corrected chi connectivity index (χ3v) is 2.66. The number of amides is 1. The summed E-state index contributed by atoms with van der Waals surface area (Å²) in [6, 6.07) is 0. The van der Waals surface area contributed by atoms with Crippen LogP contribution in [0.25, 0.3) is 0 Å². The zero-order chi connectivity index (χ0) is 12.8. The van der Waals surface area contributed by atoms with Crippen molar-refractivity contribution < 1.29 is 4.79 Å². The fourth-order valence-electron chi connectivity index (χ4n) is 1.73. The van der Waals surface area contributed by atoms with E-state index in [1.165, 1.54) is 0 Å². The first-order valence-electron chi connectivity index (χ1n) is 6.00. The average Bonchev–Trinajstić information content (AvgIpc) is 2.20. The highest BCUT2D eigenvalue weighted by Crippen LogP contribution is 2.18. The van der Waals surface area contributed by atoms with Gasteiger partial charge in [-0.3, -0.25) is 4.79 Å². The molecule has 0 saturated heterocycles. The number of rotatable bonds is 6. The van der Waals surface area contributed by atoms with Crippen LogP contribution in [-0.4, -0.2) is 29.4 Å². The third kappa shape index (κ3) is 4.35. The maximum Gasteiger partial charge on any atom is 0.227 e. The predicted molar refractivity (Wildman–Crippen MR) is 69.1 cm³/mol. The maximum absolute atomic E-state index is 12.3. The van der Waals surface area contributed by atoms with E-state index < -0.39 is 0 Å². The largest absolute Gasteiger partial charge is 0.334 e. The van der Waals surface area contributed by atoms with E-state index in [-0.39, 0.29) is 17.4 Å². The standard InChI is InChI=1S/C13H26N2O/c1-6-8-11(10-14)12(16)15(9-7-2)13(3,4)5/h7,11H,2,6,8-10,14H2,1,3-5H3. The monoisotopic (exact) mass is 226 g/mol. The Labute approximate surface area is 99.7 Å². The van der Waals surface area contributed by atoms with E-state index in [2.05, 4.69) is 13.5 Å². The van der Waals surface area contributed by atoms with Crippen LogP contribution in [0.5, 0.6) is 0 Å². The number of carbonyl (C=O) groups excluding carboxylic acids is 1. The van der Waals surface area contributed by atoms with Gasteiger partial charge in [0.05, 0.1) is 5.92 Å². The Balaban J connectivity index is 4.77. The van der Waals surface area contributed by atoms with Crippen molar-refractivity contribution in [2.75, 3.05) is 13.1 Å². The van der Waals surface area contributed by atoms with E-state index in [1.807, 2.05) is 25.7 Å². The summed E-state index contributed by atoms with van der Waals surface area (Å²) in [4.78, 5) is 14.2. The number of hydrogen-bond donors (Lipinski definition) is 1. The molecule has 0 rings (SSSR count). The average molecular weight is 226 g/mol. The van der Waals surface area contributed by atoms with E-state index in [9.17, 15) is 4.79 Å². The smallest absolute Gasteiger partial charge is 0.227 e. The van der Waals surface area contributed by atoms with E-state index in [0.717, 1.165) is 12.8 Å².